The van der Waals surface area contributed by atoms with Crippen LogP contribution in [-0.4, -0.2) is 18.8 Å². The number of methoxy groups -OCH3 is 1. The van der Waals surface area contributed by atoms with Gasteiger partial charge in [0.1, 0.15) is 5.75 Å². The molecule has 0 aromatic heterocycles. The van der Waals surface area contributed by atoms with E-state index in [4.69, 9.17) is 9.47 Å². The van der Waals surface area contributed by atoms with Crippen molar-refractivity contribution < 1.29 is 19.0 Å². The van der Waals surface area contributed by atoms with Gasteiger partial charge >= 0.3 is 0 Å². The summed E-state index contributed by atoms with van der Waals surface area (Å²) in [5.74, 6) is 0.551. The number of ether oxygens (including phenoxy) is 2. The zero-order chi connectivity index (χ0) is 15.2. The van der Waals surface area contributed by atoms with E-state index in [0.717, 1.165) is 11.3 Å². The molecule has 2 rings (SSSR count). The van der Waals surface area contributed by atoms with Gasteiger partial charge in [0.15, 0.2) is 11.6 Å². The molecule has 3 nitrogen and oxygen atoms in total. The summed E-state index contributed by atoms with van der Waals surface area (Å²) in [6.45, 7) is 1.98. The highest BCUT2D eigenvalue weighted by atomic mass is 19.1. The van der Waals surface area contributed by atoms with E-state index in [1.165, 1.54) is 6.07 Å². The molecule has 0 amide bonds. The van der Waals surface area contributed by atoms with E-state index in [-0.39, 0.29) is 5.75 Å². The van der Waals surface area contributed by atoms with E-state index in [9.17, 15) is 9.50 Å². The average molecular weight is 290 g/mol. The molecule has 0 fully saturated rings. The van der Waals surface area contributed by atoms with Crippen molar-refractivity contribution in [3.05, 3.63) is 59.4 Å². The van der Waals surface area contributed by atoms with Gasteiger partial charge in [0.05, 0.1) is 19.8 Å². The standard InChI is InChI=1S/C17H19FO3/c1-12(19)14-5-8-17(16(18)11-14)21-10-9-13-3-6-15(20-2)7-4-13/h3-8,11-12,19H,9-10H2,1-2H3. The van der Waals surface area contributed by atoms with E-state index in [1.807, 2.05) is 24.3 Å². The fraction of sp³-hybridized carbons (Fsp3) is 0.294. The van der Waals surface area contributed by atoms with Crippen molar-refractivity contribution in [1.29, 1.82) is 0 Å². The Hall–Kier alpha value is -2.07. The van der Waals surface area contributed by atoms with Crippen molar-refractivity contribution in [3.8, 4) is 11.5 Å². The van der Waals surface area contributed by atoms with Gasteiger partial charge in [-0.1, -0.05) is 18.2 Å². The third-order valence-electron chi connectivity index (χ3n) is 3.25. The molecular weight excluding hydrogens is 271 g/mol. The highest BCUT2D eigenvalue weighted by molar-refractivity contribution is 5.31. The van der Waals surface area contributed by atoms with Gasteiger partial charge in [0.25, 0.3) is 0 Å². The summed E-state index contributed by atoms with van der Waals surface area (Å²) in [4.78, 5) is 0. The van der Waals surface area contributed by atoms with E-state index in [1.54, 1.807) is 26.2 Å². The minimum absolute atomic E-state index is 0.202. The van der Waals surface area contributed by atoms with Gasteiger partial charge in [0, 0.05) is 6.42 Å². The molecule has 4 heteroatoms. The van der Waals surface area contributed by atoms with Crippen molar-refractivity contribution in [3.63, 3.8) is 0 Å². The lowest BCUT2D eigenvalue weighted by Gasteiger charge is -2.10. The first-order valence-corrected chi connectivity index (χ1v) is 6.83. The summed E-state index contributed by atoms with van der Waals surface area (Å²) in [5, 5.41) is 9.39. The molecule has 1 unspecified atom stereocenters. The lowest BCUT2D eigenvalue weighted by molar-refractivity contribution is 0.198. The van der Waals surface area contributed by atoms with E-state index in [0.29, 0.717) is 18.6 Å². The molecule has 112 valence electrons. The lowest BCUT2D eigenvalue weighted by Crippen LogP contribution is -2.03. The second-order valence-corrected chi connectivity index (χ2v) is 4.81. The topological polar surface area (TPSA) is 38.7 Å². The molecule has 0 saturated carbocycles. The SMILES string of the molecule is COc1ccc(CCOc2ccc(C(C)O)cc2F)cc1. The number of halogens is 1. The maximum absolute atomic E-state index is 13.8. The molecule has 0 aliphatic rings. The first-order valence-electron chi connectivity index (χ1n) is 6.83. The minimum atomic E-state index is -0.687. The Kier molecular flexibility index (Phi) is 5.17. The van der Waals surface area contributed by atoms with Crippen LogP contribution >= 0.6 is 0 Å². The van der Waals surface area contributed by atoms with E-state index in [2.05, 4.69) is 0 Å². The average Bonchev–Trinajstić information content (AvgIpc) is 2.49. The van der Waals surface area contributed by atoms with Gasteiger partial charge < -0.3 is 14.6 Å². The third-order valence-corrected chi connectivity index (χ3v) is 3.25. The lowest BCUT2D eigenvalue weighted by atomic mass is 10.1. The molecule has 2 aromatic carbocycles. The molecule has 0 saturated heterocycles. The number of hydrogen-bond donors (Lipinski definition) is 1. The maximum Gasteiger partial charge on any atom is 0.165 e. The molecular formula is C17H19FO3. The number of aliphatic hydroxyl groups excluding tert-OH is 1. The summed E-state index contributed by atoms with van der Waals surface area (Å²) in [6, 6.07) is 12.2. The van der Waals surface area contributed by atoms with Crippen LogP contribution in [0.15, 0.2) is 42.5 Å². The van der Waals surface area contributed by atoms with E-state index < -0.39 is 11.9 Å². The molecule has 0 bridgehead atoms. The summed E-state index contributed by atoms with van der Waals surface area (Å²) < 4.78 is 24.3. The Morgan fingerprint density at radius 1 is 1.14 bits per heavy atom. The van der Waals surface area contributed by atoms with Gasteiger partial charge in [-0.15, -0.1) is 0 Å². The Bertz CT molecular complexity index is 579. The predicted molar refractivity (Wildman–Crippen MR) is 79.2 cm³/mol. The monoisotopic (exact) mass is 290 g/mol. The quantitative estimate of drug-likeness (QED) is 0.885. The Labute approximate surface area is 124 Å². The minimum Gasteiger partial charge on any atom is -0.497 e. The highest BCUT2D eigenvalue weighted by Crippen LogP contribution is 2.22. The van der Waals surface area contributed by atoms with Crippen LogP contribution in [0.3, 0.4) is 0 Å². The van der Waals surface area contributed by atoms with Crippen LogP contribution in [0.1, 0.15) is 24.2 Å². The number of hydrogen-bond acceptors (Lipinski definition) is 3. The Morgan fingerprint density at radius 2 is 1.86 bits per heavy atom. The van der Waals surface area contributed by atoms with Gasteiger partial charge in [0.2, 0.25) is 0 Å². The molecule has 0 spiro atoms. The van der Waals surface area contributed by atoms with Crippen molar-refractivity contribution in [2.24, 2.45) is 0 Å². The zero-order valence-corrected chi connectivity index (χ0v) is 12.2. The largest absolute Gasteiger partial charge is 0.497 e. The van der Waals surface area contributed by atoms with Crippen LogP contribution in [0.25, 0.3) is 0 Å². The van der Waals surface area contributed by atoms with Crippen molar-refractivity contribution in [2.75, 3.05) is 13.7 Å². The van der Waals surface area contributed by atoms with Crippen LogP contribution in [0.5, 0.6) is 11.5 Å². The van der Waals surface area contributed by atoms with Crippen molar-refractivity contribution in [2.45, 2.75) is 19.4 Å². The second-order valence-electron chi connectivity index (χ2n) is 4.81. The van der Waals surface area contributed by atoms with Gasteiger partial charge in [-0.05, 0) is 42.3 Å². The smallest absolute Gasteiger partial charge is 0.165 e. The fourth-order valence-corrected chi connectivity index (χ4v) is 1.97. The first kappa shape index (κ1) is 15.3. The van der Waals surface area contributed by atoms with Gasteiger partial charge in [-0.3, -0.25) is 0 Å². The van der Waals surface area contributed by atoms with Crippen LogP contribution in [-0.2, 0) is 6.42 Å². The first-order chi connectivity index (χ1) is 10.1. The van der Waals surface area contributed by atoms with Crippen LogP contribution < -0.4 is 9.47 Å². The summed E-state index contributed by atoms with van der Waals surface area (Å²) in [5.41, 5.74) is 1.63. The predicted octanol–water partition coefficient (Wildman–Crippen LogP) is 3.51. The Balaban J connectivity index is 1.90. The van der Waals surface area contributed by atoms with Crippen molar-refractivity contribution >= 4 is 0 Å². The summed E-state index contributed by atoms with van der Waals surface area (Å²) >= 11 is 0. The molecule has 1 N–H and O–H groups in total. The number of benzene rings is 2. The number of rotatable bonds is 6. The number of aliphatic hydroxyl groups is 1. The molecule has 0 aliphatic carbocycles. The zero-order valence-electron chi connectivity index (χ0n) is 12.2. The molecule has 0 aliphatic heterocycles. The molecule has 0 radical (unpaired) electrons. The van der Waals surface area contributed by atoms with Gasteiger partial charge in [-0.2, -0.15) is 0 Å². The van der Waals surface area contributed by atoms with Crippen LogP contribution in [0.4, 0.5) is 4.39 Å². The third kappa shape index (κ3) is 4.20. The van der Waals surface area contributed by atoms with Gasteiger partial charge in [-0.25, -0.2) is 4.39 Å². The van der Waals surface area contributed by atoms with Crippen LogP contribution in [0.2, 0.25) is 0 Å². The highest BCUT2D eigenvalue weighted by Gasteiger charge is 2.08. The van der Waals surface area contributed by atoms with Crippen molar-refractivity contribution in [1.82, 2.24) is 0 Å². The molecule has 21 heavy (non-hydrogen) atoms. The van der Waals surface area contributed by atoms with Crippen LogP contribution in [0, 0.1) is 5.82 Å². The molecule has 2 aromatic rings. The summed E-state index contributed by atoms with van der Waals surface area (Å²) in [7, 11) is 1.62. The molecule has 1 atom stereocenters. The maximum atomic E-state index is 13.8. The second kappa shape index (κ2) is 7.09. The fourth-order valence-electron chi connectivity index (χ4n) is 1.97. The Morgan fingerprint density at radius 3 is 2.43 bits per heavy atom. The summed E-state index contributed by atoms with van der Waals surface area (Å²) in [6.07, 6.45) is -0.00505. The molecule has 0 heterocycles. The normalized spacial score (nSPS) is 12.0. The van der Waals surface area contributed by atoms with E-state index >= 15 is 0 Å².